The van der Waals surface area contributed by atoms with E-state index in [0.29, 0.717) is 37.7 Å². The van der Waals surface area contributed by atoms with Gasteiger partial charge in [-0.15, -0.1) is 0 Å². The molecule has 1 aliphatic rings. The Morgan fingerprint density at radius 2 is 1.91 bits per heavy atom. The Hall–Kier alpha value is -3.89. The molecule has 0 saturated carbocycles. The van der Waals surface area contributed by atoms with E-state index >= 15 is 0 Å². The van der Waals surface area contributed by atoms with Gasteiger partial charge in [0.15, 0.2) is 0 Å². The van der Waals surface area contributed by atoms with Crippen molar-refractivity contribution in [1.29, 1.82) is 0 Å². The lowest BCUT2D eigenvalue weighted by molar-refractivity contribution is 0.0240. The normalized spacial score (nSPS) is 14.3. The number of anilines is 3. The van der Waals surface area contributed by atoms with Crippen molar-refractivity contribution in [2.75, 3.05) is 48.3 Å². The number of carbonyl (C=O) groups is 2. The molecule has 0 atom stereocenters. The van der Waals surface area contributed by atoms with Crippen LogP contribution in [0.1, 0.15) is 20.8 Å². The lowest BCUT2D eigenvalue weighted by atomic mass is 10.2. The van der Waals surface area contributed by atoms with Crippen molar-refractivity contribution in [3.63, 3.8) is 0 Å². The zero-order valence-electron chi connectivity index (χ0n) is 19.2. The van der Waals surface area contributed by atoms with E-state index in [1.807, 2.05) is 32.9 Å². The topological polar surface area (TPSA) is 120 Å². The van der Waals surface area contributed by atoms with Crippen molar-refractivity contribution in [3.05, 3.63) is 36.8 Å². The van der Waals surface area contributed by atoms with Crippen LogP contribution in [0, 0.1) is 0 Å². The summed E-state index contributed by atoms with van der Waals surface area (Å²) < 4.78 is 5.47. The molecule has 11 heteroatoms. The maximum Gasteiger partial charge on any atom is 0.410 e. The monoisotopic (exact) mass is 452 g/mol. The number of piperazine rings is 1. The summed E-state index contributed by atoms with van der Waals surface area (Å²) in [6, 6.07) is 5.35. The number of pyridine rings is 2. The van der Waals surface area contributed by atoms with Crippen LogP contribution in [-0.4, -0.2) is 76.0 Å². The Balaban J connectivity index is 1.44. The zero-order valence-corrected chi connectivity index (χ0v) is 19.2. The number of H-pyrrole nitrogens is 1. The van der Waals surface area contributed by atoms with Gasteiger partial charge in [-0.1, -0.05) is 0 Å². The highest BCUT2D eigenvalue weighted by Gasteiger charge is 2.26. The van der Waals surface area contributed by atoms with Crippen LogP contribution in [0.2, 0.25) is 0 Å². The summed E-state index contributed by atoms with van der Waals surface area (Å²) in [5, 5.41) is 10.1. The molecule has 0 aliphatic carbocycles. The minimum absolute atomic E-state index is 0.291. The van der Waals surface area contributed by atoms with Crippen molar-refractivity contribution in [3.8, 4) is 0 Å². The van der Waals surface area contributed by atoms with Crippen LogP contribution >= 0.6 is 0 Å². The van der Waals surface area contributed by atoms with E-state index in [2.05, 4.69) is 25.4 Å². The predicted molar refractivity (Wildman–Crippen MR) is 126 cm³/mol. The lowest BCUT2D eigenvalue weighted by Crippen LogP contribution is -2.50. The molecule has 4 heterocycles. The van der Waals surface area contributed by atoms with Gasteiger partial charge in [-0.3, -0.25) is 10.00 Å². The first-order chi connectivity index (χ1) is 15.7. The number of fused-ring (bicyclic) bond motifs is 1. The van der Waals surface area contributed by atoms with Gasteiger partial charge in [0.05, 0.1) is 17.4 Å². The van der Waals surface area contributed by atoms with Gasteiger partial charge in [-0.25, -0.2) is 19.6 Å². The third-order valence-electron chi connectivity index (χ3n) is 5.20. The summed E-state index contributed by atoms with van der Waals surface area (Å²) in [5.41, 5.74) is 0.788. The number of hydrogen-bond donors (Lipinski definition) is 2. The van der Waals surface area contributed by atoms with Crippen molar-refractivity contribution in [2.45, 2.75) is 26.4 Å². The van der Waals surface area contributed by atoms with Crippen molar-refractivity contribution in [1.82, 2.24) is 25.1 Å². The summed E-state index contributed by atoms with van der Waals surface area (Å²) >= 11 is 0. The van der Waals surface area contributed by atoms with E-state index in [0.717, 1.165) is 16.7 Å². The number of nitrogens with one attached hydrogen (secondary N) is 2. The number of aromatic nitrogens is 4. The second-order valence-electron chi connectivity index (χ2n) is 8.84. The average Bonchev–Trinajstić information content (AvgIpc) is 3.30. The molecule has 0 aromatic carbocycles. The lowest BCUT2D eigenvalue weighted by Gasteiger charge is -2.36. The molecular weight excluding hydrogens is 424 g/mol. The van der Waals surface area contributed by atoms with Crippen LogP contribution in [0.5, 0.6) is 0 Å². The minimum Gasteiger partial charge on any atom is -0.444 e. The molecule has 1 aliphatic heterocycles. The van der Waals surface area contributed by atoms with Crippen molar-refractivity contribution < 1.29 is 14.3 Å². The summed E-state index contributed by atoms with van der Waals surface area (Å²) in [7, 11) is 1.64. The number of rotatable bonds is 3. The number of urea groups is 1. The summed E-state index contributed by atoms with van der Waals surface area (Å²) in [5.74, 6) is 1.29. The molecule has 2 N–H and O–H groups in total. The van der Waals surface area contributed by atoms with Crippen molar-refractivity contribution in [2.24, 2.45) is 0 Å². The average molecular weight is 453 g/mol. The standard InChI is InChI=1S/C22H28N8O3/c1-22(2,3)33-21(32)30-9-7-29(8-10-30)18-6-5-15-12-23-19(11-17(15)27-18)28(4)20(31)26-16-13-24-25-14-16/h5-6,11-14H,7-10H2,1-4H3,(H,24,25)(H,26,31). The number of hydrogen-bond acceptors (Lipinski definition) is 7. The van der Waals surface area contributed by atoms with Crippen LogP contribution in [-0.2, 0) is 4.74 Å². The maximum absolute atomic E-state index is 12.5. The molecule has 3 aromatic rings. The fourth-order valence-corrected chi connectivity index (χ4v) is 3.43. The minimum atomic E-state index is -0.511. The Bertz CT molecular complexity index is 1130. The largest absolute Gasteiger partial charge is 0.444 e. The van der Waals surface area contributed by atoms with E-state index in [9.17, 15) is 9.59 Å². The third kappa shape index (κ3) is 5.30. The molecular formula is C22H28N8O3. The third-order valence-corrected chi connectivity index (χ3v) is 5.20. The molecule has 1 fully saturated rings. The Morgan fingerprint density at radius 3 is 2.58 bits per heavy atom. The second kappa shape index (κ2) is 8.93. The smallest absolute Gasteiger partial charge is 0.410 e. The van der Waals surface area contributed by atoms with Gasteiger partial charge < -0.3 is 19.9 Å². The van der Waals surface area contributed by atoms with Crippen LogP contribution in [0.15, 0.2) is 36.8 Å². The molecule has 11 nitrogen and oxygen atoms in total. The van der Waals surface area contributed by atoms with Gasteiger partial charge in [0.2, 0.25) is 0 Å². The quantitative estimate of drug-likeness (QED) is 0.627. The highest BCUT2D eigenvalue weighted by atomic mass is 16.6. The molecule has 0 radical (unpaired) electrons. The molecule has 33 heavy (non-hydrogen) atoms. The fraction of sp³-hybridized carbons (Fsp3) is 0.409. The summed E-state index contributed by atoms with van der Waals surface area (Å²) in [4.78, 5) is 39.2. The molecule has 4 rings (SSSR count). The van der Waals surface area contributed by atoms with Gasteiger partial charge in [0.1, 0.15) is 17.2 Å². The van der Waals surface area contributed by atoms with Crippen LogP contribution in [0.3, 0.4) is 0 Å². The number of aromatic amines is 1. The summed E-state index contributed by atoms with van der Waals surface area (Å²) in [6.45, 7) is 8.02. The van der Waals surface area contributed by atoms with E-state index in [1.54, 1.807) is 30.4 Å². The molecule has 0 unspecified atom stereocenters. The van der Waals surface area contributed by atoms with Crippen molar-refractivity contribution >= 4 is 40.4 Å². The number of carbonyl (C=O) groups excluding carboxylic acids is 2. The maximum atomic E-state index is 12.5. The van der Waals surface area contributed by atoms with E-state index < -0.39 is 5.60 Å². The highest BCUT2D eigenvalue weighted by Crippen LogP contribution is 2.23. The Labute approximate surface area is 191 Å². The van der Waals surface area contributed by atoms with Crippen LogP contribution in [0.4, 0.5) is 26.9 Å². The van der Waals surface area contributed by atoms with Gasteiger partial charge in [0.25, 0.3) is 0 Å². The molecule has 0 bridgehead atoms. The van der Waals surface area contributed by atoms with E-state index in [4.69, 9.17) is 9.72 Å². The highest BCUT2D eigenvalue weighted by molar-refractivity contribution is 6.01. The number of ether oxygens (including phenoxy) is 1. The van der Waals surface area contributed by atoms with Crippen LogP contribution in [0.25, 0.3) is 10.9 Å². The van der Waals surface area contributed by atoms with Gasteiger partial charge in [-0.05, 0) is 32.9 Å². The molecule has 0 spiro atoms. The van der Waals surface area contributed by atoms with E-state index in [1.165, 1.54) is 11.1 Å². The Kier molecular flexibility index (Phi) is 6.03. The molecule has 3 amide bonds. The second-order valence-corrected chi connectivity index (χ2v) is 8.84. The zero-order chi connectivity index (χ0) is 23.6. The summed E-state index contributed by atoms with van der Waals surface area (Å²) in [6.07, 6.45) is 4.52. The molecule has 174 valence electrons. The first-order valence-electron chi connectivity index (χ1n) is 10.7. The van der Waals surface area contributed by atoms with Gasteiger partial charge in [-0.2, -0.15) is 5.10 Å². The SMILES string of the molecule is CN(C(=O)Nc1cn[nH]c1)c1cc2nc(N3CCN(C(=O)OC(C)(C)C)CC3)ccc2cn1. The first-order valence-corrected chi connectivity index (χ1v) is 10.7. The number of nitrogens with zero attached hydrogens (tertiary/aromatic N) is 6. The number of amides is 3. The van der Waals surface area contributed by atoms with E-state index in [-0.39, 0.29) is 12.1 Å². The van der Waals surface area contributed by atoms with Gasteiger partial charge >= 0.3 is 12.1 Å². The Morgan fingerprint density at radius 1 is 1.15 bits per heavy atom. The van der Waals surface area contributed by atoms with Gasteiger partial charge in [0, 0.05) is 57.1 Å². The first kappa shape index (κ1) is 22.3. The molecule has 1 saturated heterocycles. The fourth-order valence-electron chi connectivity index (χ4n) is 3.43. The predicted octanol–water partition coefficient (Wildman–Crippen LogP) is 3.08. The molecule has 3 aromatic heterocycles. The van der Waals surface area contributed by atoms with Crippen LogP contribution < -0.4 is 15.1 Å².